The number of carbonyl (C=O) groups is 2. The monoisotopic (exact) mass is 410 g/mol. The highest BCUT2D eigenvalue weighted by Crippen LogP contribution is 2.35. The topological polar surface area (TPSA) is 85.2 Å². The van der Waals surface area contributed by atoms with Crippen molar-refractivity contribution < 1.29 is 14.3 Å². The summed E-state index contributed by atoms with van der Waals surface area (Å²) >= 11 is 6.11. The fourth-order valence-electron chi connectivity index (χ4n) is 3.42. The van der Waals surface area contributed by atoms with Crippen molar-refractivity contribution in [3.05, 3.63) is 59.1 Å². The second kappa shape index (κ2) is 7.60. The van der Waals surface area contributed by atoms with Crippen molar-refractivity contribution in [2.24, 2.45) is 0 Å². The molecule has 0 bridgehead atoms. The van der Waals surface area contributed by atoms with Gasteiger partial charge < -0.3 is 15.4 Å². The summed E-state index contributed by atoms with van der Waals surface area (Å²) in [5, 5.41) is 10.9. The van der Waals surface area contributed by atoms with E-state index in [4.69, 9.17) is 16.3 Å². The minimum absolute atomic E-state index is 0.00983. The Labute approximate surface area is 172 Å². The predicted octanol–water partition coefficient (Wildman–Crippen LogP) is 4.04. The molecule has 1 atom stereocenters. The van der Waals surface area contributed by atoms with Gasteiger partial charge in [-0.05, 0) is 31.2 Å². The van der Waals surface area contributed by atoms with E-state index in [9.17, 15) is 9.59 Å². The van der Waals surface area contributed by atoms with E-state index in [-0.39, 0.29) is 18.2 Å². The lowest BCUT2D eigenvalue weighted by atomic mass is 10.1. The van der Waals surface area contributed by atoms with E-state index in [0.717, 1.165) is 11.1 Å². The third-order valence-electron chi connectivity index (χ3n) is 4.84. The Morgan fingerprint density at radius 3 is 2.83 bits per heavy atom. The molecule has 2 N–H and O–H groups in total. The molecular formula is C21H19ClN4O3. The molecule has 2 heterocycles. The third-order valence-corrected chi connectivity index (χ3v) is 5.08. The number of carbonyl (C=O) groups excluding carboxylic acids is 2. The smallest absolute Gasteiger partial charge is 0.249 e. The fourth-order valence-corrected chi connectivity index (χ4v) is 3.61. The number of hydrogen-bond donors (Lipinski definition) is 2. The van der Waals surface area contributed by atoms with Gasteiger partial charge in [0, 0.05) is 16.1 Å². The first kappa shape index (κ1) is 19.0. The molecular weight excluding hydrogens is 392 g/mol. The van der Waals surface area contributed by atoms with Gasteiger partial charge in [0.2, 0.25) is 11.8 Å². The average Bonchev–Trinajstić information content (AvgIpc) is 3.04. The number of methoxy groups -OCH3 is 1. The number of fused-ring (bicyclic) bond motifs is 1. The average molecular weight is 411 g/mol. The molecule has 0 radical (unpaired) electrons. The van der Waals surface area contributed by atoms with Crippen molar-refractivity contribution in [2.75, 3.05) is 17.7 Å². The van der Waals surface area contributed by atoms with Crippen LogP contribution >= 0.6 is 11.6 Å². The molecule has 3 aromatic rings. The number of halogens is 1. The van der Waals surface area contributed by atoms with Crippen LogP contribution in [0.15, 0.2) is 48.5 Å². The van der Waals surface area contributed by atoms with Crippen LogP contribution in [0.3, 0.4) is 0 Å². The Morgan fingerprint density at radius 2 is 2.07 bits per heavy atom. The van der Waals surface area contributed by atoms with Crippen molar-refractivity contribution >= 4 is 34.9 Å². The van der Waals surface area contributed by atoms with Gasteiger partial charge in [-0.25, -0.2) is 4.68 Å². The van der Waals surface area contributed by atoms with Gasteiger partial charge in [0.15, 0.2) is 0 Å². The van der Waals surface area contributed by atoms with Crippen molar-refractivity contribution in [3.63, 3.8) is 0 Å². The van der Waals surface area contributed by atoms with Crippen LogP contribution < -0.4 is 15.4 Å². The van der Waals surface area contributed by atoms with Gasteiger partial charge in [-0.2, -0.15) is 5.10 Å². The summed E-state index contributed by atoms with van der Waals surface area (Å²) < 4.78 is 6.85. The van der Waals surface area contributed by atoms with Gasteiger partial charge in [0.25, 0.3) is 0 Å². The van der Waals surface area contributed by atoms with Crippen LogP contribution in [0.1, 0.15) is 18.0 Å². The molecule has 0 saturated heterocycles. The summed E-state index contributed by atoms with van der Waals surface area (Å²) in [5.74, 6) is 0.470. The largest absolute Gasteiger partial charge is 0.495 e. The number of benzene rings is 2. The van der Waals surface area contributed by atoms with Gasteiger partial charge in [0.05, 0.1) is 24.9 Å². The first-order valence-corrected chi connectivity index (χ1v) is 9.44. The van der Waals surface area contributed by atoms with Crippen LogP contribution in [0.2, 0.25) is 5.02 Å². The summed E-state index contributed by atoms with van der Waals surface area (Å²) in [4.78, 5) is 25.3. The minimum atomic E-state index is -0.782. The van der Waals surface area contributed by atoms with Gasteiger partial charge in [-0.1, -0.05) is 35.9 Å². The van der Waals surface area contributed by atoms with E-state index in [0.29, 0.717) is 28.0 Å². The molecule has 29 heavy (non-hydrogen) atoms. The standard InChI is InChI=1S/C21H19ClN4O3/c1-12-19(13-6-5-7-14(22)10-13)25-26-16(11-18(27)24-20(12)26)21(28)23-15-8-3-4-9-17(15)29-2/h3-10,16H,11H2,1-2H3,(H,23,28)(H,24,27)/t16-/m0/s1. The van der Waals surface area contributed by atoms with Crippen LogP contribution in [0.25, 0.3) is 11.3 Å². The molecule has 4 rings (SSSR count). The lowest BCUT2D eigenvalue weighted by Gasteiger charge is -2.24. The molecule has 0 spiro atoms. The maximum absolute atomic E-state index is 13.0. The van der Waals surface area contributed by atoms with Crippen molar-refractivity contribution in [1.29, 1.82) is 0 Å². The Kier molecular flexibility index (Phi) is 4.98. The van der Waals surface area contributed by atoms with Crippen LogP contribution in [0.5, 0.6) is 5.75 Å². The van der Waals surface area contributed by atoms with Gasteiger partial charge in [0.1, 0.15) is 17.6 Å². The Bertz CT molecular complexity index is 1110. The summed E-state index contributed by atoms with van der Waals surface area (Å²) in [5.41, 5.74) is 2.79. The Balaban J connectivity index is 1.71. The van der Waals surface area contributed by atoms with Gasteiger partial charge >= 0.3 is 0 Å². The number of rotatable bonds is 4. The van der Waals surface area contributed by atoms with E-state index >= 15 is 0 Å². The number of nitrogens with zero attached hydrogens (tertiary/aromatic N) is 2. The number of ether oxygens (including phenoxy) is 1. The normalized spacial score (nSPS) is 15.4. The molecule has 1 aliphatic heterocycles. The highest BCUT2D eigenvalue weighted by molar-refractivity contribution is 6.30. The molecule has 0 fully saturated rings. The van der Waals surface area contributed by atoms with Crippen LogP contribution in [0.4, 0.5) is 11.5 Å². The number of para-hydroxylation sites is 2. The first-order chi connectivity index (χ1) is 14.0. The number of nitrogens with one attached hydrogen (secondary N) is 2. The van der Waals surface area contributed by atoms with Crippen molar-refractivity contribution in [3.8, 4) is 17.0 Å². The Morgan fingerprint density at radius 1 is 1.28 bits per heavy atom. The minimum Gasteiger partial charge on any atom is -0.495 e. The second-order valence-corrected chi connectivity index (χ2v) is 7.17. The fraction of sp³-hybridized carbons (Fsp3) is 0.190. The van der Waals surface area contributed by atoms with Crippen LogP contribution in [0, 0.1) is 6.92 Å². The molecule has 1 aromatic heterocycles. The number of hydrogen-bond acceptors (Lipinski definition) is 4. The lowest BCUT2D eigenvalue weighted by Crippen LogP contribution is -2.36. The van der Waals surface area contributed by atoms with Gasteiger partial charge in [-0.3, -0.25) is 9.59 Å². The summed E-state index contributed by atoms with van der Waals surface area (Å²) in [6, 6.07) is 13.6. The van der Waals surface area contributed by atoms with E-state index < -0.39 is 6.04 Å². The third kappa shape index (κ3) is 3.56. The van der Waals surface area contributed by atoms with Gasteiger partial charge in [-0.15, -0.1) is 0 Å². The van der Waals surface area contributed by atoms with Crippen LogP contribution in [-0.4, -0.2) is 28.7 Å². The maximum atomic E-state index is 13.0. The zero-order valence-corrected chi connectivity index (χ0v) is 16.7. The van der Waals surface area contributed by atoms with E-state index in [1.54, 1.807) is 35.0 Å². The summed E-state index contributed by atoms with van der Waals surface area (Å²) in [7, 11) is 1.53. The molecule has 8 heteroatoms. The molecule has 1 aliphatic rings. The number of anilines is 2. The predicted molar refractivity (Wildman–Crippen MR) is 111 cm³/mol. The molecule has 7 nitrogen and oxygen atoms in total. The van der Waals surface area contributed by atoms with Crippen molar-refractivity contribution in [1.82, 2.24) is 9.78 Å². The molecule has 0 saturated carbocycles. The maximum Gasteiger partial charge on any atom is 0.249 e. The molecule has 2 aromatic carbocycles. The quantitative estimate of drug-likeness (QED) is 0.679. The lowest BCUT2D eigenvalue weighted by molar-refractivity contribution is -0.125. The van der Waals surface area contributed by atoms with E-state index in [1.807, 2.05) is 25.1 Å². The molecule has 2 amide bonds. The highest BCUT2D eigenvalue weighted by Gasteiger charge is 2.34. The van der Waals surface area contributed by atoms with Crippen molar-refractivity contribution in [2.45, 2.75) is 19.4 Å². The first-order valence-electron chi connectivity index (χ1n) is 9.06. The zero-order valence-electron chi connectivity index (χ0n) is 15.9. The summed E-state index contributed by atoms with van der Waals surface area (Å²) in [6.45, 7) is 1.86. The van der Waals surface area contributed by atoms with E-state index in [1.165, 1.54) is 7.11 Å². The molecule has 0 aliphatic carbocycles. The van der Waals surface area contributed by atoms with Crippen LogP contribution in [-0.2, 0) is 9.59 Å². The van der Waals surface area contributed by atoms with E-state index in [2.05, 4.69) is 15.7 Å². The molecule has 0 unspecified atom stereocenters. The molecule has 148 valence electrons. The zero-order chi connectivity index (χ0) is 20.5. The number of amides is 2. The number of aromatic nitrogens is 2. The highest BCUT2D eigenvalue weighted by atomic mass is 35.5. The SMILES string of the molecule is COc1ccccc1NC(=O)[C@@H]1CC(=O)Nc2c(C)c(-c3cccc(Cl)c3)nn21. The second-order valence-electron chi connectivity index (χ2n) is 6.73. The summed E-state index contributed by atoms with van der Waals surface area (Å²) in [6.07, 6.45) is -0.00983. The Hall–Kier alpha value is -3.32.